The van der Waals surface area contributed by atoms with Crippen LogP contribution in [0, 0.1) is 0 Å². The summed E-state index contributed by atoms with van der Waals surface area (Å²) >= 11 is 0. The van der Waals surface area contributed by atoms with E-state index in [0.717, 1.165) is 30.9 Å². The average molecular weight is 285 g/mol. The smallest absolute Gasteiger partial charge is 0.170 e. The number of hydrogen-bond donors (Lipinski definition) is 1. The second-order valence-corrected chi connectivity index (χ2v) is 6.03. The Morgan fingerprint density at radius 1 is 1.10 bits per heavy atom. The van der Waals surface area contributed by atoms with Gasteiger partial charge in [0.25, 0.3) is 0 Å². The summed E-state index contributed by atoms with van der Waals surface area (Å²) in [5.41, 5.74) is 0.988. The van der Waals surface area contributed by atoms with Crippen LogP contribution in [0.25, 0.3) is 5.69 Å². The number of benzene rings is 1. The monoisotopic (exact) mass is 285 g/mol. The van der Waals surface area contributed by atoms with Crippen LogP contribution in [0.4, 0.5) is 0 Å². The van der Waals surface area contributed by atoms with E-state index >= 15 is 0 Å². The molecule has 2 atom stereocenters. The highest BCUT2D eigenvalue weighted by Crippen LogP contribution is 2.36. The van der Waals surface area contributed by atoms with E-state index in [9.17, 15) is 5.11 Å². The number of aromatic nitrogens is 4. The molecule has 2 bridgehead atoms. The zero-order valence-electron chi connectivity index (χ0n) is 11.8. The van der Waals surface area contributed by atoms with Crippen LogP contribution in [-0.4, -0.2) is 48.4 Å². The maximum Gasteiger partial charge on any atom is 0.170 e. The standard InChI is InChI=1S/C15H19N5O/c21-14-8-12-6-7-13(9-14)19(12)10-15-16-17-18-20(15)11-4-2-1-3-5-11/h1-5,12-14,21H,6-10H2. The fraction of sp³-hybridized carbons (Fsp3) is 0.533. The molecule has 1 N–H and O–H groups in total. The maximum atomic E-state index is 9.89. The quantitative estimate of drug-likeness (QED) is 0.916. The van der Waals surface area contributed by atoms with Crippen molar-refractivity contribution in [2.75, 3.05) is 0 Å². The third-order valence-corrected chi connectivity index (χ3v) is 4.72. The van der Waals surface area contributed by atoms with Gasteiger partial charge >= 0.3 is 0 Å². The molecule has 0 spiro atoms. The molecule has 2 saturated heterocycles. The number of nitrogens with zero attached hydrogens (tertiary/aromatic N) is 5. The first kappa shape index (κ1) is 12.9. The normalized spacial score (nSPS) is 28.9. The highest BCUT2D eigenvalue weighted by molar-refractivity contribution is 5.30. The number of aliphatic hydroxyl groups excluding tert-OH is 1. The second kappa shape index (κ2) is 5.20. The molecule has 2 fully saturated rings. The van der Waals surface area contributed by atoms with Crippen LogP contribution < -0.4 is 0 Å². The van der Waals surface area contributed by atoms with Crippen LogP contribution >= 0.6 is 0 Å². The first-order valence-corrected chi connectivity index (χ1v) is 7.58. The summed E-state index contributed by atoms with van der Waals surface area (Å²) in [7, 11) is 0. The number of tetrazole rings is 1. The Balaban J connectivity index is 1.58. The van der Waals surface area contributed by atoms with Gasteiger partial charge in [0, 0.05) is 12.1 Å². The Hall–Kier alpha value is -1.79. The van der Waals surface area contributed by atoms with Gasteiger partial charge in [0.05, 0.1) is 18.3 Å². The van der Waals surface area contributed by atoms with Gasteiger partial charge in [-0.2, -0.15) is 4.68 Å². The van der Waals surface area contributed by atoms with E-state index in [1.54, 1.807) is 0 Å². The van der Waals surface area contributed by atoms with Crippen molar-refractivity contribution in [1.29, 1.82) is 0 Å². The van der Waals surface area contributed by atoms with Crippen LogP contribution in [0.2, 0.25) is 0 Å². The van der Waals surface area contributed by atoms with Crippen molar-refractivity contribution < 1.29 is 5.11 Å². The average Bonchev–Trinajstić information content (AvgIpc) is 3.05. The predicted octanol–water partition coefficient (Wildman–Crippen LogP) is 1.15. The van der Waals surface area contributed by atoms with E-state index in [2.05, 4.69) is 20.4 Å². The summed E-state index contributed by atoms with van der Waals surface area (Å²) in [6, 6.07) is 10.9. The lowest BCUT2D eigenvalue weighted by Gasteiger charge is -2.36. The Labute approximate surface area is 123 Å². The van der Waals surface area contributed by atoms with Gasteiger partial charge in [0.2, 0.25) is 0 Å². The van der Waals surface area contributed by atoms with E-state index < -0.39 is 0 Å². The summed E-state index contributed by atoms with van der Waals surface area (Å²) in [4.78, 5) is 2.47. The van der Waals surface area contributed by atoms with Crippen molar-refractivity contribution in [2.24, 2.45) is 0 Å². The van der Waals surface area contributed by atoms with Gasteiger partial charge in [0.15, 0.2) is 5.82 Å². The van der Waals surface area contributed by atoms with Crippen molar-refractivity contribution in [3.8, 4) is 5.69 Å². The Bertz CT molecular complexity index is 600. The molecular weight excluding hydrogens is 266 g/mol. The van der Waals surface area contributed by atoms with Crippen molar-refractivity contribution in [3.05, 3.63) is 36.2 Å². The highest BCUT2D eigenvalue weighted by Gasteiger charge is 2.40. The third kappa shape index (κ3) is 2.34. The maximum absolute atomic E-state index is 9.89. The lowest BCUT2D eigenvalue weighted by atomic mass is 10.00. The van der Waals surface area contributed by atoms with Crippen molar-refractivity contribution in [3.63, 3.8) is 0 Å². The van der Waals surface area contributed by atoms with Crippen molar-refractivity contribution >= 4 is 0 Å². The first-order valence-electron chi connectivity index (χ1n) is 7.58. The molecular formula is C15H19N5O. The number of hydrogen-bond acceptors (Lipinski definition) is 5. The van der Waals surface area contributed by atoms with E-state index in [1.807, 2.05) is 35.0 Å². The molecule has 1 aromatic carbocycles. The molecule has 3 heterocycles. The highest BCUT2D eigenvalue weighted by atomic mass is 16.3. The molecule has 6 heteroatoms. The minimum absolute atomic E-state index is 0.135. The summed E-state index contributed by atoms with van der Waals surface area (Å²) in [6.07, 6.45) is 3.97. The molecule has 0 saturated carbocycles. The van der Waals surface area contributed by atoms with Gasteiger partial charge in [-0.1, -0.05) is 18.2 Å². The molecule has 2 aliphatic heterocycles. The van der Waals surface area contributed by atoms with Crippen LogP contribution in [0.5, 0.6) is 0 Å². The van der Waals surface area contributed by atoms with Gasteiger partial charge < -0.3 is 5.11 Å². The van der Waals surface area contributed by atoms with E-state index in [4.69, 9.17) is 0 Å². The topological polar surface area (TPSA) is 67.1 Å². The van der Waals surface area contributed by atoms with Gasteiger partial charge in [0.1, 0.15) is 0 Å². The Morgan fingerprint density at radius 2 is 1.81 bits per heavy atom. The van der Waals surface area contributed by atoms with Gasteiger partial charge in [-0.3, -0.25) is 4.90 Å². The molecule has 2 aromatic rings. The largest absolute Gasteiger partial charge is 0.393 e. The molecule has 2 unspecified atom stereocenters. The van der Waals surface area contributed by atoms with Crippen LogP contribution in [0.3, 0.4) is 0 Å². The fourth-order valence-corrected chi connectivity index (χ4v) is 3.74. The lowest BCUT2D eigenvalue weighted by molar-refractivity contribution is 0.0293. The number of piperidine rings is 1. The first-order chi connectivity index (χ1) is 10.3. The number of para-hydroxylation sites is 1. The summed E-state index contributed by atoms with van der Waals surface area (Å²) in [5, 5.41) is 22.0. The molecule has 21 heavy (non-hydrogen) atoms. The van der Waals surface area contributed by atoms with E-state index in [0.29, 0.717) is 12.1 Å². The molecule has 4 rings (SSSR count). The number of fused-ring (bicyclic) bond motifs is 2. The zero-order chi connectivity index (χ0) is 14.2. The molecule has 110 valence electrons. The van der Waals surface area contributed by atoms with Gasteiger partial charge in [-0.15, -0.1) is 5.10 Å². The summed E-state index contributed by atoms with van der Waals surface area (Å²) < 4.78 is 1.81. The van der Waals surface area contributed by atoms with E-state index in [-0.39, 0.29) is 6.10 Å². The second-order valence-electron chi connectivity index (χ2n) is 6.03. The molecule has 2 aliphatic rings. The van der Waals surface area contributed by atoms with Gasteiger partial charge in [-0.25, -0.2) is 0 Å². The summed E-state index contributed by atoms with van der Waals surface area (Å²) in [5.74, 6) is 0.870. The fourth-order valence-electron chi connectivity index (χ4n) is 3.74. The lowest BCUT2D eigenvalue weighted by Crippen LogP contribution is -2.44. The van der Waals surface area contributed by atoms with E-state index in [1.165, 1.54) is 12.8 Å². The molecule has 0 aliphatic carbocycles. The van der Waals surface area contributed by atoms with Crippen LogP contribution in [0.1, 0.15) is 31.5 Å². The number of rotatable bonds is 3. The molecule has 1 aromatic heterocycles. The van der Waals surface area contributed by atoms with Gasteiger partial charge in [-0.05, 0) is 48.2 Å². The molecule has 6 nitrogen and oxygen atoms in total. The van der Waals surface area contributed by atoms with Crippen molar-refractivity contribution in [1.82, 2.24) is 25.1 Å². The third-order valence-electron chi connectivity index (χ3n) is 4.72. The number of aliphatic hydroxyl groups is 1. The van der Waals surface area contributed by atoms with Crippen LogP contribution in [0.15, 0.2) is 30.3 Å². The Kier molecular flexibility index (Phi) is 3.20. The predicted molar refractivity (Wildman–Crippen MR) is 76.7 cm³/mol. The Morgan fingerprint density at radius 3 is 2.52 bits per heavy atom. The van der Waals surface area contributed by atoms with Crippen molar-refractivity contribution in [2.45, 2.75) is 50.4 Å². The minimum Gasteiger partial charge on any atom is -0.393 e. The SMILES string of the molecule is OC1CC2CCC(C1)N2Cc1nnnn1-c1ccccc1. The summed E-state index contributed by atoms with van der Waals surface area (Å²) in [6.45, 7) is 0.754. The molecule has 0 radical (unpaired) electrons. The molecule has 0 amide bonds. The minimum atomic E-state index is -0.135. The van der Waals surface area contributed by atoms with Crippen LogP contribution in [-0.2, 0) is 6.54 Å². The zero-order valence-corrected chi connectivity index (χ0v) is 11.8.